The molecule has 2 saturated carbocycles. The predicted octanol–water partition coefficient (Wildman–Crippen LogP) is 1.82. The van der Waals surface area contributed by atoms with Crippen molar-refractivity contribution in [2.75, 3.05) is 0 Å². The van der Waals surface area contributed by atoms with Gasteiger partial charge in [-0.1, -0.05) is 17.7 Å². The Bertz CT molecular complexity index is 701. The highest BCUT2D eigenvalue weighted by atomic mass is 16.5. The number of carbonyl (C=O) groups excluding carboxylic acids is 3. The van der Waals surface area contributed by atoms with Crippen molar-refractivity contribution in [1.82, 2.24) is 10.4 Å². The lowest BCUT2D eigenvalue weighted by Gasteiger charge is -2.21. The summed E-state index contributed by atoms with van der Waals surface area (Å²) in [5.74, 6) is -0.295. The van der Waals surface area contributed by atoms with Crippen LogP contribution in [0.5, 0.6) is 5.75 Å². The van der Waals surface area contributed by atoms with Crippen LogP contribution in [0, 0.1) is 30.6 Å². The predicted molar refractivity (Wildman–Crippen MR) is 89.1 cm³/mol. The van der Waals surface area contributed by atoms with Gasteiger partial charge >= 0.3 is 0 Å². The average molecular weight is 342 g/mol. The molecular weight excluding hydrogens is 320 g/mol. The highest BCUT2D eigenvalue weighted by molar-refractivity contribution is 6.07. The Morgan fingerprint density at radius 2 is 1.68 bits per heavy atom. The number of ether oxygens (including phenoxy) is 1. The summed E-state index contributed by atoms with van der Waals surface area (Å²) in [4.78, 5) is 37.6. The second-order valence-electron chi connectivity index (χ2n) is 7.45. The number of nitrogens with zero attached hydrogens (tertiary/aromatic N) is 1. The summed E-state index contributed by atoms with van der Waals surface area (Å²) in [7, 11) is 0. The molecule has 1 heterocycles. The van der Waals surface area contributed by atoms with Gasteiger partial charge in [0, 0.05) is 0 Å². The number of imide groups is 1. The normalized spacial score (nSPS) is 31.2. The van der Waals surface area contributed by atoms with E-state index in [1.165, 1.54) is 0 Å². The zero-order valence-electron chi connectivity index (χ0n) is 14.4. The van der Waals surface area contributed by atoms with Crippen molar-refractivity contribution in [2.45, 2.75) is 39.2 Å². The van der Waals surface area contributed by atoms with E-state index in [9.17, 15) is 14.4 Å². The number of amides is 3. The Morgan fingerprint density at radius 1 is 1.12 bits per heavy atom. The smallest absolute Gasteiger partial charge is 0.279 e. The van der Waals surface area contributed by atoms with E-state index in [4.69, 9.17) is 4.74 Å². The van der Waals surface area contributed by atoms with Crippen molar-refractivity contribution in [3.8, 4) is 5.75 Å². The molecule has 0 radical (unpaired) electrons. The zero-order valence-corrected chi connectivity index (χ0v) is 14.4. The molecule has 0 unspecified atom stereocenters. The minimum Gasteiger partial charge on any atom is -0.481 e. The van der Waals surface area contributed by atoms with Crippen molar-refractivity contribution in [1.29, 1.82) is 0 Å². The van der Waals surface area contributed by atoms with Crippen LogP contribution in [-0.4, -0.2) is 28.8 Å². The topological polar surface area (TPSA) is 75.7 Å². The molecular formula is C19H22N2O4. The molecule has 6 nitrogen and oxygen atoms in total. The first-order valence-corrected chi connectivity index (χ1v) is 8.87. The van der Waals surface area contributed by atoms with Crippen LogP contribution in [0.2, 0.25) is 0 Å². The minimum absolute atomic E-state index is 0.236. The van der Waals surface area contributed by atoms with E-state index in [-0.39, 0.29) is 23.7 Å². The molecule has 5 atom stereocenters. The molecule has 6 heteroatoms. The van der Waals surface area contributed by atoms with Crippen LogP contribution in [0.3, 0.4) is 0 Å². The third-order valence-corrected chi connectivity index (χ3v) is 5.85. The molecule has 3 aliphatic rings. The number of fused-ring (bicyclic) bond motifs is 5. The Kier molecular flexibility index (Phi) is 3.78. The summed E-state index contributed by atoms with van der Waals surface area (Å²) < 4.78 is 5.60. The number of hydrogen-bond acceptors (Lipinski definition) is 4. The molecule has 3 amide bonds. The van der Waals surface area contributed by atoms with Gasteiger partial charge < -0.3 is 4.74 Å². The van der Waals surface area contributed by atoms with E-state index in [1.54, 1.807) is 19.1 Å². The SMILES string of the molecule is Cc1ccc(O[C@H](C)C(=O)NN2C(=O)[C@@H]3[C@@H]4CC[C@@H](C4)[C@@H]3C2=O)cc1. The molecule has 132 valence electrons. The lowest BCUT2D eigenvalue weighted by Crippen LogP contribution is -2.51. The summed E-state index contributed by atoms with van der Waals surface area (Å²) in [6.45, 7) is 3.57. The molecule has 1 saturated heterocycles. The third kappa shape index (κ3) is 2.60. The number of benzene rings is 1. The van der Waals surface area contributed by atoms with Crippen molar-refractivity contribution in [3.05, 3.63) is 29.8 Å². The van der Waals surface area contributed by atoms with E-state index >= 15 is 0 Å². The monoisotopic (exact) mass is 342 g/mol. The molecule has 25 heavy (non-hydrogen) atoms. The van der Waals surface area contributed by atoms with E-state index in [2.05, 4.69) is 5.43 Å². The summed E-state index contributed by atoms with van der Waals surface area (Å²) >= 11 is 0. The minimum atomic E-state index is -0.805. The number of nitrogens with one attached hydrogen (secondary N) is 1. The fourth-order valence-electron chi connectivity index (χ4n) is 4.59. The van der Waals surface area contributed by atoms with Crippen LogP contribution < -0.4 is 10.2 Å². The first-order valence-electron chi connectivity index (χ1n) is 8.87. The lowest BCUT2D eigenvalue weighted by molar-refractivity contribution is -0.151. The van der Waals surface area contributed by atoms with Crippen LogP contribution >= 0.6 is 0 Å². The van der Waals surface area contributed by atoms with Gasteiger partial charge in [0.05, 0.1) is 11.8 Å². The first kappa shape index (κ1) is 16.1. The lowest BCUT2D eigenvalue weighted by atomic mass is 9.81. The van der Waals surface area contributed by atoms with Gasteiger partial charge in [-0.3, -0.25) is 19.8 Å². The summed E-state index contributed by atoms with van der Waals surface area (Å²) in [5.41, 5.74) is 3.57. The molecule has 1 aromatic rings. The fourth-order valence-corrected chi connectivity index (χ4v) is 4.59. The van der Waals surface area contributed by atoms with E-state index in [0.29, 0.717) is 17.6 Å². The highest BCUT2D eigenvalue weighted by Gasteiger charge is 2.61. The molecule has 0 spiro atoms. The Labute approximate surface area is 146 Å². The maximum Gasteiger partial charge on any atom is 0.279 e. The van der Waals surface area contributed by atoms with Crippen molar-refractivity contribution in [2.24, 2.45) is 23.7 Å². The number of hydrogen-bond donors (Lipinski definition) is 1. The quantitative estimate of drug-likeness (QED) is 0.847. The Morgan fingerprint density at radius 3 is 2.24 bits per heavy atom. The zero-order chi connectivity index (χ0) is 17.7. The van der Waals surface area contributed by atoms with Crippen molar-refractivity contribution in [3.63, 3.8) is 0 Å². The van der Waals surface area contributed by atoms with Crippen LogP contribution in [0.1, 0.15) is 31.7 Å². The molecule has 3 fully saturated rings. The van der Waals surface area contributed by atoms with Gasteiger partial charge in [0.25, 0.3) is 17.7 Å². The Balaban J connectivity index is 1.41. The second-order valence-corrected chi connectivity index (χ2v) is 7.45. The van der Waals surface area contributed by atoms with Crippen LogP contribution in [0.4, 0.5) is 0 Å². The standard InChI is InChI=1S/C19H22N2O4/c1-10-3-7-14(8-4-10)25-11(2)17(22)20-21-18(23)15-12-5-6-13(9-12)16(15)19(21)24/h3-4,7-8,11-13,15-16H,5-6,9H2,1-2H3,(H,20,22)/t11-,12-,13+,15-,16+/m1/s1. The molecule has 2 aliphatic carbocycles. The van der Waals surface area contributed by atoms with E-state index in [1.807, 2.05) is 19.1 Å². The van der Waals surface area contributed by atoms with Gasteiger partial charge in [-0.25, -0.2) is 0 Å². The first-order chi connectivity index (χ1) is 12.0. The molecule has 0 aromatic heterocycles. The molecule has 4 rings (SSSR count). The second kappa shape index (κ2) is 5.86. The van der Waals surface area contributed by atoms with Gasteiger partial charge in [-0.05, 0) is 57.1 Å². The summed E-state index contributed by atoms with van der Waals surface area (Å²) in [6, 6.07) is 7.36. The number of rotatable bonds is 4. The average Bonchev–Trinajstić information content (AvgIpc) is 3.26. The van der Waals surface area contributed by atoms with Crippen molar-refractivity contribution < 1.29 is 19.1 Å². The molecule has 1 N–H and O–H groups in total. The number of hydrazine groups is 1. The summed E-state index contributed by atoms with van der Waals surface area (Å²) in [6.07, 6.45) is 2.20. The molecule has 1 aliphatic heterocycles. The van der Waals surface area contributed by atoms with Crippen molar-refractivity contribution >= 4 is 17.7 Å². The highest BCUT2D eigenvalue weighted by Crippen LogP contribution is 2.55. The van der Waals surface area contributed by atoms with E-state index < -0.39 is 12.0 Å². The van der Waals surface area contributed by atoms with Crippen LogP contribution in [-0.2, 0) is 14.4 Å². The van der Waals surface area contributed by atoms with E-state index in [0.717, 1.165) is 29.8 Å². The fraction of sp³-hybridized carbons (Fsp3) is 0.526. The van der Waals surface area contributed by atoms with Gasteiger partial charge in [0.15, 0.2) is 6.10 Å². The summed E-state index contributed by atoms with van der Waals surface area (Å²) in [5, 5.41) is 0.942. The third-order valence-electron chi connectivity index (χ3n) is 5.85. The molecule has 2 bridgehead atoms. The number of aryl methyl sites for hydroxylation is 1. The number of carbonyl (C=O) groups is 3. The van der Waals surface area contributed by atoms with Gasteiger partial charge in [0.2, 0.25) is 0 Å². The Hall–Kier alpha value is -2.37. The largest absolute Gasteiger partial charge is 0.481 e. The van der Waals surface area contributed by atoms with Crippen LogP contribution in [0.15, 0.2) is 24.3 Å². The van der Waals surface area contributed by atoms with Gasteiger partial charge in [0.1, 0.15) is 5.75 Å². The molecule has 1 aromatic carbocycles. The van der Waals surface area contributed by atoms with Crippen LogP contribution in [0.25, 0.3) is 0 Å². The maximum absolute atomic E-state index is 12.6. The maximum atomic E-state index is 12.6. The van der Waals surface area contributed by atoms with Gasteiger partial charge in [-0.15, -0.1) is 0 Å². The van der Waals surface area contributed by atoms with Gasteiger partial charge in [-0.2, -0.15) is 5.01 Å².